The Bertz CT molecular complexity index is 1360. The standard InChI is InChI=1S/C26H27N3O4S/c30-25-7-3-6-21-16-22(9-11-24(21)28-25)27-26(31)19-12-14-29(15-13-19)34(32,33)23-10-8-18-4-1-2-5-20(18)17-23/h1-2,4-5,8-11,16-17,19H,3,6-7,12-15H2,(H,27,31)(H,28,30). The van der Waals surface area contributed by atoms with Crippen molar-refractivity contribution in [2.75, 3.05) is 23.7 Å². The fourth-order valence-electron chi connectivity index (χ4n) is 4.73. The molecule has 0 saturated carbocycles. The molecule has 2 aliphatic heterocycles. The molecule has 5 rings (SSSR count). The maximum atomic E-state index is 13.2. The second-order valence-electron chi connectivity index (χ2n) is 8.95. The molecule has 2 amide bonds. The van der Waals surface area contributed by atoms with Crippen LogP contribution < -0.4 is 10.6 Å². The number of nitrogens with one attached hydrogen (secondary N) is 2. The van der Waals surface area contributed by atoms with E-state index in [4.69, 9.17) is 0 Å². The van der Waals surface area contributed by atoms with E-state index in [0.717, 1.165) is 34.9 Å². The number of anilines is 2. The van der Waals surface area contributed by atoms with Crippen LogP contribution in [0, 0.1) is 5.92 Å². The van der Waals surface area contributed by atoms with E-state index in [-0.39, 0.29) is 22.6 Å². The van der Waals surface area contributed by atoms with Crippen molar-refractivity contribution in [3.05, 3.63) is 66.2 Å². The van der Waals surface area contributed by atoms with E-state index in [2.05, 4.69) is 10.6 Å². The molecular weight excluding hydrogens is 450 g/mol. The molecule has 0 aromatic heterocycles. The Morgan fingerprint density at radius 1 is 0.941 bits per heavy atom. The molecule has 3 aromatic rings. The van der Waals surface area contributed by atoms with Crippen LogP contribution in [0.2, 0.25) is 0 Å². The SMILES string of the molecule is O=C1CCCc2cc(NC(=O)C3CCN(S(=O)(=O)c4ccc5ccccc5c4)CC3)ccc2N1. The number of benzene rings is 3. The maximum absolute atomic E-state index is 13.2. The predicted octanol–water partition coefficient (Wildman–Crippen LogP) is 4.15. The third-order valence-corrected chi connectivity index (χ3v) is 8.57. The molecule has 3 aromatic carbocycles. The number of carbonyl (C=O) groups excluding carboxylic acids is 2. The number of fused-ring (bicyclic) bond motifs is 2. The number of amides is 2. The van der Waals surface area contributed by atoms with Gasteiger partial charge in [-0.2, -0.15) is 4.31 Å². The summed E-state index contributed by atoms with van der Waals surface area (Å²) in [5.41, 5.74) is 2.51. The Morgan fingerprint density at radius 2 is 1.71 bits per heavy atom. The summed E-state index contributed by atoms with van der Waals surface area (Å²) in [7, 11) is -3.61. The lowest BCUT2D eigenvalue weighted by atomic mass is 9.97. The van der Waals surface area contributed by atoms with Crippen molar-refractivity contribution in [1.82, 2.24) is 4.31 Å². The van der Waals surface area contributed by atoms with Crippen LogP contribution >= 0.6 is 0 Å². The fourth-order valence-corrected chi connectivity index (χ4v) is 6.24. The van der Waals surface area contributed by atoms with Gasteiger partial charge in [0, 0.05) is 36.8 Å². The Balaban J connectivity index is 1.23. The van der Waals surface area contributed by atoms with Crippen LogP contribution in [0.25, 0.3) is 10.8 Å². The van der Waals surface area contributed by atoms with E-state index in [1.165, 1.54) is 4.31 Å². The summed E-state index contributed by atoms with van der Waals surface area (Å²) in [6.45, 7) is 0.618. The monoisotopic (exact) mass is 477 g/mol. The van der Waals surface area contributed by atoms with Crippen molar-refractivity contribution >= 4 is 44.0 Å². The van der Waals surface area contributed by atoms with Crippen LogP contribution in [0.3, 0.4) is 0 Å². The molecule has 0 unspecified atom stereocenters. The number of piperidine rings is 1. The minimum absolute atomic E-state index is 0.0148. The molecule has 0 aliphatic carbocycles. The zero-order valence-electron chi connectivity index (χ0n) is 18.8. The van der Waals surface area contributed by atoms with Crippen LogP contribution in [-0.4, -0.2) is 37.6 Å². The number of sulfonamides is 1. The van der Waals surface area contributed by atoms with E-state index in [9.17, 15) is 18.0 Å². The van der Waals surface area contributed by atoms with Gasteiger partial charge in [0.15, 0.2) is 0 Å². The first kappa shape index (κ1) is 22.6. The molecular formula is C26H27N3O4S. The number of rotatable bonds is 4. The molecule has 2 aliphatic rings. The van der Waals surface area contributed by atoms with Crippen LogP contribution in [-0.2, 0) is 26.0 Å². The smallest absolute Gasteiger partial charge is 0.243 e. The van der Waals surface area contributed by atoms with E-state index in [1.807, 2.05) is 42.5 Å². The first-order valence-electron chi connectivity index (χ1n) is 11.6. The van der Waals surface area contributed by atoms with Gasteiger partial charge in [0.2, 0.25) is 21.8 Å². The lowest BCUT2D eigenvalue weighted by molar-refractivity contribution is -0.121. The molecule has 176 valence electrons. The molecule has 34 heavy (non-hydrogen) atoms. The van der Waals surface area contributed by atoms with Gasteiger partial charge in [-0.05, 0) is 72.4 Å². The lowest BCUT2D eigenvalue weighted by Gasteiger charge is -2.30. The van der Waals surface area contributed by atoms with E-state index in [0.29, 0.717) is 38.0 Å². The topological polar surface area (TPSA) is 95.6 Å². The van der Waals surface area contributed by atoms with Gasteiger partial charge in [-0.3, -0.25) is 9.59 Å². The molecule has 8 heteroatoms. The van der Waals surface area contributed by atoms with E-state index >= 15 is 0 Å². The summed E-state index contributed by atoms with van der Waals surface area (Å²) in [5, 5.41) is 7.76. The summed E-state index contributed by atoms with van der Waals surface area (Å²) in [5.74, 6) is -0.331. The number of nitrogens with zero attached hydrogens (tertiary/aromatic N) is 1. The highest BCUT2D eigenvalue weighted by Gasteiger charge is 2.32. The average Bonchev–Trinajstić information content (AvgIpc) is 3.04. The second kappa shape index (κ2) is 9.19. The van der Waals surface area contributed by atoms with Crippen molar-refractivity contribution in [3.63, 3.8) is 0 Å². The largest absolute Gasteiger partial charge is 0.326 e. The highest BCUT2D eigenvalue weighted by atomic mass is 32.2. The fraction of sp³-hybridized carbons (Fsp3) is 0.308. The lowest BCUT2D eigenvalue weighted by Crippen LogP contribution is -2.41. The third kappa shape index (κ3) is 4.56. The molecule has 0 radical (unpaired) electrons. The van der Waals surface area contributed by atoms with Crippen molar-refractivity contribution in [2.24, 2.45) is 5.92 Å². The number of aryl methyl sites for hydroxylation is 1. The highest BCUT2D eigenvalue weighted by molar-refractivity contribution is 7.89. The molecule has 1 saturated heterocycles. The summed E-state index contributed by atoms with van der Waals surface area (Å²) in [6, 6.07) is 18.4. The first-order valence-corrected chi connectivity index (χ1v) is 13.1. The van der Waals surface area contributed by atoms with E-state index in [1.54, 1.807) is 18.2 Å². The predicted molar refractivity (Wildman–Crippen MR) is 132 cm³/mol. The normalized spacial score (nSPS) is 17.6. The van der Waals surface area contributed by atoms with Gasteiger partial charge in [0.05, 0.1) is 4.90 Å². The van der Waals surface area contributed by atoms with Crippen LogP contribution in [0.4, 0.5) is 11.4 Å². The van der Waals surface area contributed by atoms with Crippen LogP contribution in [0.5, 0.6) is 0 Å². The maximum Gasteiger partial charge on any atom is 0.243 e. The third-order valence-electron chi connectivity index (χ3n) is 6.68. The highest BCUT2D eigenvalue weighted by Crippen LogP contribution is 2.29. The number of hydrogen-bond acceptors (Lipinski definition) is 4. The summed E-state index contributed by atoms with van der Waals surface area (Å²) in [4.78, 5) is 24.9. The number of carbonyl (C=O) groups is 2. The summed E-state index contributed by atoms with van der Waals surface area (Å²) < 4.78 is 27.8. The van der Waals surface area contributed by atoms with Crippen LogP contribution in [0.15, 0.2) is 65.6 Å². The van der Waals surface area contributed by atoms with Gasteiger partial charge in [0.25, 0.3) is 0 Å². The van der Waals surface area contributed by atoms with Gasteiger partial charge in [-0.15, -0.1) is 0 Å². The second-order valence-corrected chi connectivity index (χ2v) is 10.9. The average molecular weight is 478 g/mol. The minimum Gasteiger partial charge on any atom is -0.326 e. The first-order chi connectivity index (χ1) is 16.4. The van der Waals surface area contributed by atoms with Crippen molar-refractivity contribution in [1.29, 1.82) is 0 Å². The Hall–Kier alpha value is -3.23. The molecule has 7 nitrogen and oxygen atoms in total. The van der Waals surface area contributed by atoms with Gasteiger partial charge in [-0.25, -0.2) is 8.42 Å². The Kier molecular flexibility index (Phi) is 6.10. The molecule has 0 atom stereocenters. The quantitative estimate of drug-likeness (QED) is 0.590. The Morgan fingerprint density at radius 3 is 2.50 bits per heavy atom. The van der Waals surface area contributed by atoms with Gasteiger partial charge in [0.1, 0.15) is 0 Å². The zero-order chi connectivity index (χ0) is 23.7. The van der Waals surface area contributed by atoms with Crippen LogP contribution in [0.1, 0.15) is 31.2 Å². The van der Waals surface area contributed by atoms with Crippen molar-refractivity contribution in [2.45, 2.75) is 37.0 Å². The molecule has 2 heterocycles. The van der Waals surface area contributed by atoms with Gasteiger partial charge in [-0.1, -0.05) is 30.3 Å². The van der Waals surface area contributed by atoms with Crippen molar-refractivity contribution in [3.8, 4) is 0 Å². The molecule has 1 fully saturated rings. The van der Waals surface area contributed by atoms with Gasteiger partial charge >= 0.3 is 0 Å². The number of hydrogen-bond donors (Lipinski definition) is 2. The van der Waals surface area contributed by atoms with Gasteiger partial charge < -0.3 is 10.6 Å². The molecule has 2 N–H and O–H groups in total. The zero-order valence-corrected chi connectivity index (χ0v) is 19.6. The Labute approximate surface area is 199 Å². The molecule has 0 bridgehead atoms. The summed E-state index contributed by atoms with van der Waals surface area (Å²) in [6.07, 6.45) is 3.00. The van der Waals surface area contributed by atoms with Crippen molar-refractivity contribution < 1.29 is 18.0 Å². The summed E-state index contributed by atoms with van der Waals surface area (Å²) >= 11 is 0. The minimum atomic E-state index is -3.61. The molecule has 0 spiro atoms. The van der Waals surface area contributed by atoms with E-state index < -0.39 is 10.0 Å².